The number of morpholine rings is 1. The van der Waals surface area contributed by atoms with Gasteiger partial charge in [-0.3, -0.25) is 4.79 Å². The molecular formula is C18H22N4O3. The number of carbonyl (C=O) groups excluding carboxylic acids is 1. The van der Waals surface area contributed by atoms with Crippen molar-refractivity contribution >= 4 is 17.5 Å². The average Bonchev–Trinajstić information content (AvgIpc) is 2.62. The number of aromatic nitrogens is 2. The van der Waals surface area contributed by atoms with Gasteiger partial charge in [-0.2, -0.15) is 0 Å². The number of amides is 1. The van der Waals surface area contributed by atoms with Crippen LogP contribution in [-0.4, -0.2) is 49.3 Å². The van der Waals surface area contributed by atoms with E-state index in [1.165, 1.54) is 0 Å². The van der Waals surface area contributed by atoms with Gasteiger partial charge in [0.05, 0.1) is 37.3 Å². The summed E-state index contributed by atoms with van der Waals surface area (Å²) in [5, 5.41) is 2.88. The Morgan fingerprint density at radius 3 is 2.72 bits per heavy atom. The molecule has 25 heavy (non-hydrogen) atoms. The molecule has 1 aliphatic rings. The van der Waals surface area contributed by atoms with Crippen molar-refractivity contribution < 1.29 is 14.3 Å². The second-order valence-corrected chi connectivity index (χ2v) is 5.93. The van der Waals surface area contributed by atoms with E-state index in [0.717, 1.165) is 18.7 Å². The summed E-state index contributed by atoms with van der Waals surface area (Å²) in [5.41, 5.74) is 2.75. The Balaban J connectivity index is 1.79. The fourth-order valence-corrected chi connectivity index (χ4v) is 2.70. The number of hydrogen-bond acceptors (Lipinski definition) is 6. The van der Waals surface area contributed by atoms with E-state index in [9.17, 15) is 4.79 Å². The quantitative estimate of drug-likeness (QED) is 0.918. The van der Waals surface area contributed by atoms with Crippen molar-refractivity contribution in [2.75, 3.05) is 43.6 Å². The Bertz CT molecular complexity index is 773. The molecule has 3 rings (SSSR count). The molecule has 0 atom stereocenters. The van der Waals surface area contributed by atoms with Crippen molar-refractivity contribution in [3.8, 4) is 5.75 Å². The monoisotopic (exact) mass is 342 g/mol. The number of benzene rings is 1. The zero-order valence-corrected chi connectivity index (χ0v) is 14.7. The van der Waals surface area contributed by atoms with Crippen molar-refractivity contribution in [1.29, 1.82) is 0 Å². The predicted molar refractivity (Wildman–Crippen MR) is 95.5 cm³/mol. The van der Waals surface area contributed by atoms with Crippen LogP contribution in [0.1, 0.15) is 21.6 Å². The number of nitrogens with zero attached hydrogens (tertiary/aromatic N) is 3. The molecule has 0 spiro atoms. The molecule has 1 amide bonds. The molecule has 0 aliphatic carbocycles. The van der Waals surface area contributed by atoms with Crippen LogP contribution in [0.5, 0.6) is 5.75 Å². The van der Waals surface area contributed by atoms with E-state index in [0.29, 0.717) is 41.9 Å². The van der Waals surface area contributed by atoms with Gasteiger partial charge in [0.15, 0.2) is 0 Å². The minimum absolute atomic E-state index is 0.255. The number of nitrogens with one attached hydrogen (secondary N) is 1. The van der Waals surface area contributed by atoms with Crippen molar-refractivity contribution in [2.24, 2.45) is 0 Å². The minimum Gasteiger partial charge on any atom is -0.495 e. The van der Waals surface area contributed by atoms with Crippen LogP contribution in [0.3, 0.4) is 0 Å². The Morgan fingerprint density at radius 1 is 1.28 bits per heavy atom. The molecule has 0 saturated carbocycles. The van der Waals surface area contributed by atoms with E-state index in [1.54, 1.807) is 13.3 Å². The molecule has 1 N–H and O–H groups in total. The lowest BCUT2D eigenvalue weighted by Crippen LogP contribution is -2.37. The second-order valence-electron chi connectivity index (χ2n) is 5.93. The molecule has 2 heterocycles. The van der Waals surface area contributed by atoms with Crippen LogP contribution in [-0.2, 0) is 4.74 Å². The molecule has 0 radical (unpaired) electrons. The molecule has 0 bridgehead atoms. The highest BCUT2D eigenvalue weighted by Crippen LogP contribution is 2.26. The van der Waals surface area contributed by atoms with E-state index < -0.39 is 0 Å². The lowest BCUT2D eigenvalue weighted by molar-refractivity contribution is 0.102. The largest absolute Gasteiger partial charge is 0.495 e. The zero-order valence-electron chi connectivity index (χ0n) is 14.7. The van der Waals surface area contributed by atoms with Gasteiger partial charge in [-0.15, -0.1) is 0 Å². The van der Waals surface area contributed by atoms with E-state index in [4.69, 9.17) is 9.47 Å². The maximum atomic E-state index is 12.6. The minimum atomic E-state index is -0.255. The molecule has 0 unspecified atom stereocenters. The fourth-order valence-electron chi connectivity index (χ4n) is 2.70. The number of anilines is 2. The van der Waals surface area contributed by atoms with Crippen molar-refractivity contribution in [3.63, 3.8) is 0 Å². The number of hydrogen-bond donors (Lipinski definition) is 1. The highest BCUT2D eigenvalue weighted by Gasteiger charge is 2.18. The van der Waals surface area contributed by atoms with Crippen molar-refractivity contribution in [3.05, 3.63) is 41.2 Å². The number of ether oxygens (including phenoxy) is 2. The summed E-state index contributed by atoms with van der Waals surface area (Å²) >= 11 is 0. The molecular weight excluding hydrogens is 320 g/mol. The summed E-state index contributed by atoms with van der Waals surface area (Å²) in [6.07, 6.45) is 1.57. The van der Waals surface area contributed by atoms with Gasteiger partial charge in [-0.1, -0.05) is 6.07 Å². The van der Waals surface area contributed by atoms with Gasteiger partial charge in [0.1, 0.15) is 5.75 Å². The van der Waals surface area contributed by atoms with E-state index in [1.807, 2.05) is 32.0 Å². The molecule has 1 saturated heterocycles. The molecule has 2 aromatic rings. The summed E-state index contributed by atoms with van der Waals surface area (Å²) < 4.78 is 10.6. The first-order valence-corrected chi connectivity index (χ1v) is 8.21. The highest BCUT2D eigenvalue weighted by molar-refractivity contribution is 6.05. The smallest absolute Gasteiger partial charge is 0.259 e. The summed E-state index contributed by atoms with van der Waals surface area (Å²) in [6.45, 7) is 6.61. The van der Waals surface area contributed by atoms with Crippen LogP contribution >= 0.6 is 0 Å². The number of aryl methyl sites for hydroxylation is 2. The van der Waals surface area contributed by atoms with Crippen molar-refractivity contribution in [1.82, 2.24) is 9.97 Å². The molecule has 1 aliphatic heterocycles. The Morgan fingerprint density at radius 2 is 2.04 bits per heavy atom. The SMILES string of the molecule is COc1ccc(C)cc1NC(=O)c1cnc(N2CCOCC2)nc1C. The van der Waals surface area contributed by atoms with Gasteiger partial charge in [-0.05, 0) is 31.5 Å². The Hall–Kier alpha value is -2.67. The standard InChI is InChI=1S/C18H22N4O3/c1-12-4-5-16(24-3)15(10-12)21-17(23)14-11-19-18(20-13(14)2)22-6-8-25-9-7-22/h4-5,10-11H,6-9H2,1-3H3,(H,21,23). The molecule has 132 valence electrons. The maximum Gasteiger partial charge on any atom is 0.259 e. The van der Waals surface area contributed by atoms with Crippen LogP contribution in [0.2, 0.25) is 0 Å². The summed E-state index contributed by atoms with van der Waals surface area (Å²) in [7, 11) is 1.58. The highest BCUT2D eigenvalue weighted by atomic mass is 16.5. The van der Waals surface area contributed by atoms with Crippen LogP contribution in [0.4, 0.5) is 11.6 Å². The first-order valence-electron chi connectivity index (χ1n) is 8.21. The zero-order chi connectivity index (χ0) is 17.8. The van der Waals surface area contributed by atoms with E-state index in [2.05, 4.69) is 20.2 Å². The lowest BCUT2D eigenvalue weighted by Gasteiger charge is -2.27. The van der Waals surface area contributed by atoms with Crippen LogP contribution < -0.4 is 15.0 Å². The van der Waals surface area contributed by atoms with Gasteiger partial charge in [0.25, 0.3) is 5.91 Å². The first-order chi connectivity index (χ1) is 12.1. The van der Waals surface area contributed by atoms with E-state index in [-0.39, 0.29) is 5.91 Å². The number of methoxy groups -OCH3 is 1. The second kappa shape index (κ2) is 7.48. The van der Waals surface area contributed by atoms with E-state index >= 15 is 0 Å². The molecule has 1 aromatic heterocycles. The van der Waals surface area contributed by atoms with Gasteiger partial charge in [0.2, 0.25) is 5.95 Å². The van der Waals surface area contributed by atoms with Gasteiger partial charge < -0.3 is 19.7 Å². The van der Waals surface area contributed by atoms with Crippen LogP contribution in [0.25, 0.3) is 0 Å². The normalized spacial score (nSPS) is 14.3. The van der Waals surface area contributed by atoms with Crippen LogP contribution in [0, 0.1) is 13.8 Å². The molecule has 1 aromatic carbocycles. The van der Waals surface area contributed by atoms with Gasteiger partial charge in [-0.25, -0.2) is 9.97 Å². The predicted octanol–water partition coefficient (Wildman–Crippen LogP) is 2.19. The van der Waals surface area contributed by atoms with Crippen molar-refractivity contribution in [2.45, 2.75) is 13.8 Å². The molecule has 7 heteroatoms. The molecule has 1 fully saturated rings. The third-order valence-corrected chi connectivity index (χ3v) is 4.11. The van der Waals surface area contributed by atoms with Crippen LogP contribution in [0.15, 0.2) is 24.4 Å². The number of carbonyl (C=O) groups is 1. The topological polar surface area (TPSA) is 76.6 Å². The Labute approximate surface area is 147 Å². The third kappa shape index (κ3) is 3.88. The van der Waals surface area contributed by atoms with Gasteiger partial charge in [0, 0.05) is 19.3 Å². The number of rotatable bonds is 4. The summed E-state index contributed by atoms with van der Waals surface area (Å²) in [5.74, 6) is 0.989. The molecule has 7 nitrogen and oxygen atoms in total. The Kier molecular flexibility index (Phi) is 5.14. The summed E-state index contributed by atoms with van der Waals surface area (Å²) in [4.78, 5) is 23.5. The first kappa shape index (κ1) is 17.2. The lowest BCUT2D eigenvalue weighted by atomic mass is 10.2. The average molecular weight is 342 g/mol. The fraction of sp³-hybridized carbons (Fsp3) is 0.389. The summed E-state index contributed by atoms with van der Waals surface area (Å²) in [6, 6.07) is 5.63. The maximum absolute atomic E-state index is 12.6. The third-order valence-electron chi connectivity index (χ3n) is 4.11. The van der Waals surface area contributed by atoms with Gasteiger partial charge >= 0.3 is 0 Å².